The van der Waals surface area contributed by atoms with E-state index in [1.54, 1.807) is 6.07 Å². The molecule has 0 atom stereocenters. The zero-order valence-electron chi connectivity index (χ0n) is 15.0. The summed E-state index contributed by atoms with van der Waals surface area (Å²) in [5.74, 6) is -0.551. The number of para-hydroxylation sites is 1. The first-order valence-corrected chi connectivity index (χ1v) is 8.91. The number of nitrogens with one attached hydrogen (secondary N) is 3. The summed E-state index contributed by atoms with van der Waals surface area (Å²) < 4.78 is 0. The van der Waals surface area contributed by atoms with Gasteiger partial charge in [0.2, 0.25) is 0 Å². The van der Waals surface area contributed by atoms with Crippen LogP contribution in [-0.4, -0.2) is 26.6 Å². The van der Waals surface area contributed by atoms with Crippen molar-refractivity contribution in [3.63, 3.8) is 0 Å². The molecule has 0 saturated heterocycles. The van der Waals surface area contributed by atoms with Gasteiger partial charge < -0.3 is 15.3 Å². The summed E-state index contributed by atoms with van der Waals surface area (Å²) in [5, 5.41) is 5.63. The van der Waals surface area contributed by atoms with E-state index in [1.165, 1.54) is 6.92 Å². The molecule has 5 aromatic rings. The topological polar surface area (TPSA) is 90.6 Å². The molecule has 28 heavy (non-hydrogen) atoms. The van der Waals surface area contributed by atoms with Crippen molar-refractivity contribution in [3.8, 4) is 0 Å². The van der Waals surface area contributed by atoms with Crippen LogP contribution >= 0.6 is 0 Å². The quantitative estimate of drug-likeness (QED) is 0.405. The summed E-state index contributed by atoms with van der Waals surface area (Å²) in [5.41, 5.74) is 3.69. The summed E-state index contributed by atoms with van der Waals surface area (Å²) >= 11 is 0. The smallest absolute Gasteiger partial charge is 0.274 e. The number of benzene rings is 2. The van der Waals surface area contributed by atoms with Crippen molar-refractivity contribution in [2.24, 2.45) is 0 Å². The number of hydrogen-bond donors (Lipinski definition) is 3. The predicted molar refractivity (Wildman–Crippen MR) is 110 cm³/mol. The van der Waals surface area contributed by atoms with Crippen molar-refractivity contribution in [3.05, 3.63) is 72.2 Å². The van der Waals surface area contributed by atoms with Gasteiger partial charge in [-0.15, -0.1) is 0 Å². The van der Waals surface area contributed by atoms with Gasteiger partial charge in [-0.2, -0.15) is 0 Å². The fourth-order valence-electron chi connectivity index (χ4n) is 3.54. The SMILES string of the molecule is CC(=O)c1nc(C(=O)Nc2ccc3[nH]ccc3c2)cc2c1[nH]c1ccccc12. The molecule has 0 saturated carbocycles. The minimum Gasteiger partial charge on any atom is -0.361 e. The predicted octanol–water partition coefficient (Wildman–Crippen LogP) is 4.65. The van der Waals surface area contributed by atoms with Crippen LogP contribution in [0.3, 0.4) is 0 Å². The van der Waals surface area contributed by atoms with Crippen LogP contribution in [0.15, 0.2) is 60.8 Å². The molecule has 6 nitrogen and oxygen atoms in total. The molecule has 0 aliphatic heterocycles. The Morgan fingerprint density at radius 2 is 1.82 bits per heavy atom. The van der Waals surface area contributed by atoms with Crippen LogP contribution < -0.4 is 5.32 Å². The van der Waals surface area contributed by atoms with E-state index < -0.39 is 0 Å². The molecule has 0 aliphatic carbocycles. The van der Waals surface area contributed by atoms with Gasteiger partial charge >= 0.3 is 0 Å². The van der Waals surface area contributed by atoms with Gasteiger partial charge in [0.1, 0.15) is 11.4 Å². The number of nitrogens with zero attached hydrogens (tertiary/aromatic N) is 1. The summed E-state index contributed by atoms with van der Waals surface area (Å²) in [6.45, 7) is 1.45. The van der Waals surface area contributed by atoms with E-state index in [4.69, 9.17) is 0 Å². The Bertz CT molecular complexity index is 1390. The number of Topliss-reactive ketones (excluding diaryl/α,β-unsaturated/α-hetero) is 1. The van der Waals surface area contributed by atoms with E-state index in [1.807, 2.05) is 54.7 Å². The van der Waals surface area contributed by atoms with Crippen molar-refractivity contribution < 1.29 is 9.59 Å². The van der Waals surface area contributed by atoms with E-state index in [2.05, 4.69) is 20.3 Å². The summed E-state index contributed by atoms with van der Waals surface area (Å²) in [4.78, 5) is 35.7. The number of anilines is 1. The Labute approximate surface area is 159 Å². The number of ketones is 1. The minimum atomic E-state index is -0.357. The van der Waals surface area contributed by atoms with Gasteiger partial charge in [-0.1, -0.05) is 18.2 Å². The molecule has 5 rings (SSSR count). The van der Waals surface area contributed by atoms with Crippen molar-refractivity contribution in [2.75, 3.05) is 5.32 Å². The number of aromatic amines is 2. The lowest BCUT2D eigenvalue weighted by molar-refractivity contribution is 0.101. The lowest BCUT2D eigenvalue weighted by Gasteiger charge is -2.07. The maximum atomic E-state index is 12.9. The molecular formula is C22H16N4O2. The first-order chi connectivity index (χ1) is 13.6. The molecule has 3 N–H and O–H groups in total. The zero-order chi connectivity index (χ0) is 19.3. The van der Waals surface area contributed by atoms with Crippen molar-refractivity contribution >= 4 is 50.1 Å². The lowest BCUT2D eigenvalue weighted by Crippen LogP contribution is -2.15. The average Bonchev–Trinajstić information content (AvgIpc) is 3.30. The number of carbonyl (C=O) groups excluding carboxylic acids is 2. The molecule has 136 valence electrons. The third kappa shape index (κ3) is 2.54. The monoisotopic (exact) mass is 368 g/mol. The van der Waals surface area contributed by atoms with Gasteiger partial charge in [-0.3, -0.25) is 9.59 Å². The van der Waals surface area contributed by atoms with Crippen molar-refractivity contribution in [1.82, 2.24) is 15.0 Å². The van der Waals surface area contributed by atoms with Crippen molar-refractivity contribution in [1.29, 1.82) is 0 Å². The third-order valence-electron chi connectivity index (χ3n) is 4.87. The zero-order valence-corrected chi connectivity index (χ0v) is 15.0. The third-order valence-corrected chi connectivity index (χ3v) is 4.87. The van der Waals surface area contributed by atoms with Gasteiger partial charge in [0.05, 0.1) is 5.52 Å². The van der Waals surface area contributed by atoms with Crippen LogP contribution in [0.1, 0.15) is 27.9 Å². The maximum Gasteiger partial charge on any atom is 0.274 e. The number of hydrogen-bond acceptors (Lipinski definition) is 3. The molecule has 0 unspecified atom stereocenters. The largest absolute Gasteiger partial charge is 0.361 e. The Balaban J connectivity index is 1.61. The average molecular weight is 368 g/mol. The molecule has 0 fully saturated rings. The number of aromatic nitrogens is 3. The number of H-pyrrole nitrogens is 2. The van der Waals surface area contributed by atoms with Gasteiger partial charge in [-0.25, -0.2) is 4.98 Å². The summed E-state index contributed by atoms with van der Waals surface area (Å²) in [6, 6.07) is 17.0. The molecule has 0 spiro atoms. The van der Waals surface area contributed by atoms with Crippen LogP contribution in [0.5, 0.6) is 0 Å². The Morgan fingerprint density at radius 3 is 2.68 bits per heavy atom. The highest BCUT2D eigenvalue weighted by atomic mass is 16.2. The molecule has 1 amide bonds. The van der Waals surface area contributed by atoms with E-state index in [0.29, 0.717) is 11.2 Å². The number of carbonyl (C=O) groups is 2. The molecule has 0 aliphatic rings. The number of rotatable bonds is 3. The first kappa shape index (κ1) is 16.3. The number of fused-ring (bicyclic) bond motifs is 4. The second-order valence-corrected chi connectivity index (χ2v) is 6.74. The van der Waals surface area contributed by atoms with E-state index >= 15 is 0 Å². The summed E-state index contributed by atoms with van der Waals surface area (Å²) in [7, 11) is 0. The number of pyridine rings is 1. The summed E-state index contributed by atoms with van der Waals surface area (Å²) in [6.07, 6.45) is 1.85. The molecule has 3 aromatic heterocycles. The molecule has 3 heterocycles. The lowest BCUT2D eigenvalue weighted by atomic mass is 10.1. The molecule has 0 radical (unpaired) electrons. The second kappa shape index (κ2) is 6.06. The van der Waals surface area contributed by atoms with Crippen molar-refractivity contribution in [2.45, 2.75) is 6.92 Å². The van der Waals surface area contributed by atoms with Crippen LogP contribution in [-0.2, 0) is 0 Å². The van der Waals surface area contributed by atoms with Gasteiger partial charge in [0.25, 0.3) is 5.91 Å². The maximum absolute atomic E-state index is 12.9. The Hall–Kier alpha value is -3.93. The second-order valence-electron chi connectivity index (χ2n) is 6.74. The van der Waals surface area contributed by atoms with Crippen LogP contribution in [0.4, 0.5) is 5.69 Å². The van der Waals surface area contributed by atoms with E-state index in [0.717, 1.165) is 27.2 Å². The molecule has 0 bridgehead atoms. The fourth-order valence-corrected chi connectivity index (χ4v) is 3.54. The Morgan fingerprint density at radius 1 is 0.964 bits per heavy atom. The minimum absolute atomic E-state index is 0.194. The standard InChI is InChI=1S/C22H16N4O2/c1-12(27)20-21-16(15-4-2-3-5-18(15)25-21)11-19(26-20)22(28)24-14-6-7-17-13(10-14)8-9-23-17/h2-11,23,25H,1H3,(H,24,28). The normalized spacial score (nSPS) is 11.3. The van der Waals surface area contributed by atoms with E-state index in [9.17, 15) is 9.59 Å². The highest BCUT2D eigenvalue weighted by molar-refractivity contribution is 6.16. The highest BCUT2D eigenvalue weighted by Gasteiger charge is 2.18. The van der Waals surface area contributed by atoms with Gasteiger partial charge in [0.15, 0.2) is 5.78 Å². The Kier molecular flexibility index (Phi) is 3.52. The highest BCUT2D eigenvalue weighted by Crippen LogP contribution is 2.28. The van der Waals surface area contributed by atoms with Gasteiger partial charge in [0, 0.05) is 46.0 Å². The van der Waals surface area contributed by atoms with E-state index in [-0.39, 0.29) is 23.1 Å². The first-order valence-electron chi connectivity index (χ1n) is 8.91. The molecule has 6 heteroatoms. The molecular weight excluding hydrogens is 352 g/mol. The van der Waals surface area contributed by atoms with Crippen LogP contribution in [0, 0.1) is 0 Å². The van der Waals surface area contributed by atoms with Crippen LogP contribution in [0.25, 0.3) is 32.7 Å². The van der Waals surface area contributed by atoms with Gasteiger partial charge in [-0.05, 0) is 36.4 Å². The number of amides is 1. The van der Waals surface area contributed by atoms with Crippen LogP contribution in [0.2, 0.25) is 0 Å². The fraction of sp³-hybridized carbons (Fsp3) is 0.0455. The molecule has 2 aromatic carbocycles.